The van der Waals surface area contributed by atoms with Crippen LogP contribution in [0, 0.1) is 0 Å². The summed E-state index contributed by atoms with van der Waals surface area (Å²) in [7, 11) is 0.119. The number of hydrogen-bond acceptors (Lipinski definition) is 5. The second-order valence-electron chi connectivity index (χ2n) is 5.81. The van der Waals surface area contributed by atoms with E-state index in [9.17, 15) is 18.0 Å². The van der Waals surface area contributed by atoms with Gasteiger partial charge in [0.15, 0.2) is 0 Å². The van der Waals surface area contributed by atoms with E-state index in [4.69, 9.17) is 16.3 Å². The van der Waals surface area contributed by atoms with Crippen LogP contribution in [0.1, 0.15) is 10.4 Å². The molecule has 2 aromatic carbocycles. The number of likely N-dealkylation sites (N-methyl/N-ethyl adjacent to an activating group) is 1. The van der Waals surface area contributed by atoms with E-state index < -0.39 is 27.0 Å². The molecule has 2 rings (SSSR count). The summed E-state index contributed by atoms with van der Waals surface area (Å²) in [4.78, 5) is 26.0. The zero-order chi connectivity index (χ0) is 20.2. The molecule has 1 unspecified atom stereocenters. The quantitative estimate of drug-likeness (QED) is 0.785. The summed E-state index contributed by atoms with van der Waals surface area (Å²) < 4.78 is 30.9. The van der Waals surface area contributed by atoms with Crippen LogP contribution in [0.3, 0.4) is 0 Å². The Balaban J connectivity index is 2.37. The Labute approximate surface area is 162 Å². The predicted molar refractivity (Wildman–Crippen MR) is 102 cm³/mol. The lowest BCUT2D eigenvalue weighted by molar-refractivity contribution is -0.128. The molecule has 0 aliphatic rings. The fourth-order valence-corrected chi connectivity index (χ4v) is 3.86. The Kier molecular flexibility index (Phi) is 6.45. The van der Waals surface area contributed by atoms with Gasteiger partial charge in [0.05, 0.1) is 12.0 Å². The van der Waals surface area contributed by atoms with Crippen LogP contribution < -0.4 is 10.1 Å². The molecule has 0 saturated carbocycles. The molecule has 0 radical (unpaired) electrons. The third-order valence-electron chi connectivity index (χ3n) is 3.73. The lowest BCUT2D eigenvalue weighted by Crippen LogP contribution is -2.50. The lowest BCUT2D eigenvalue weighted by Gasteiger charge is -2.22. The highest BCUT2D eigenvalue weighted by atomic mass is 35.5. The van der Waals surface area contributed by atoms with Crippen molar-refractivity contribution in [2.45, 2.75) is 10.3 Å². The zero-order valence-corrected chi connectivity index (χ0v) is 16.5. The summed E-state index contributed by atoms with van der Waals surface area (Å²) in [6.45, 7) is 0. The first kappa shape index (κ1) is 20.7. The van der Waals surface area contributed by atoms with E-state index in [1.165, 1.54) is 57.6 Å². The molecule has 9 heteroatoms. The molecule has 144 valence electrons. The van der Waals surface area contributed by atoms with Gasteiger partial charge in [-0.15, -0.1) is 0 Å². The van der Waals surface area contributed by atoms with Crippen molar-refractivity contribution in [1.82, 2.24) is 10.2 Å². The number of nitrogens with one attached hydrogen (secondary N) is 1. The van der Waals surface area contributed by atoms with Gasteiger partial charge in [0.1, 0.15) is 5.75 Å². The molecule has 0 spiro atoms. The summed E-state index contributed by atoms with van der Waals surface area (Å²) in [6.07, 6.45) is 0. The van der Waals surface area contributed by atoms with E-state index in [0.29, 0.717) is 10.8 Å². The van der Waals surface area contributed by atoms with Crippen molar-refractivity contribution < 1.29 is 22.7 Å². The SMILES string of the molecule is COc1ccc(C(=O)NC(C(=O)N(C)C)S(=O)(=O)c2ccc(Cl)cc2)cc1. The molecule has 0 bridgehead atoms. The number of hydrogen-bond donors (Lipinski definition) is 1. The molecule has 0 heterocycles. The fraction of sp³-hybridized carbons (Fsp3) is 0.222. The predicted octanol–water partition coefficient (Wildman–Crippen LogP) is 1.97. The molecule has 1 N–H and O–H groups in total. The average Bonchev–Trinajstić information content (AvgIpc) is 2.65. The molecule has 0 aliphatic carbocycles. The van der Waals surface area contributed by atoms with Crippen LogP contribution in [0.2, 0.25) is 5.02 Å². The summed E-state index contributed by atoms with van der Waals surface area (Å²) in [5, 5.41) is 0.892. The maximum Gasteiger partial charge on any atom is 0.260 e. The minimum absolute atomic E-state index is 0.123. The van der Waals surface area contributed by atoms with Crippen LogP contribution in [0.4, 0.5) is 0 Å². The number of ether oxygens (including phenoxy) is 1. The topological polar surface area (TPSA) is 92.8 Å². The van der Waals surface area contributed by atoms with Gasteiger partial charge in [-0.05, 0) is 48.5 Å². The fourth-order valence-electron chi connectivity index (χ4n) is 2.21. The number of amides is 2. The Bertz CT molecular complexity index is 925. The highest BCUT2D eigenvalue weighted by Crippen LogP contribution is 2.20. The molecule has 0 aromatic heterocycles. The number of sulfone groups is 1. The van der Waals surface area contributed by atoms with Gasteiger partial charge in [-0.1, -0.05) is 11.6 Å². The minimum atomic E-state index is -4.18. The van der Waals surface area contributed by atoms with Crippen molar-refractivity contribution in [3.63, 3.8) is 0 Å². The highest BCUT2D eigenvalue weighted by molar-refractivity contribution is 7.92. The van der Waals surface area contributed by atoms with E-state index in [1.807, 2.05) is 0 Å². The second-order valence-corrected chi connectivity index (χ2v) is 8.28. The van der Waals surface area contributed by atoms with E-state index >= 15 is 0 Å². The Morgan fingerprint density at radius 2 is 1.59 bits per heavy atom. The summed E-state index contributed by atoms with van der Waals surface area (Å²) in [5.41, 5.74) is 0.193. The van der Waals surface area contributed by atoms with Crippen LogP contribution >= 0.6 is 11.6 Å². The van der Waals surface area contributed by atoms with E-state index in [2.05, 4.69) is 5.32 Å². The first-order valence-corrected chi connectivity index (χ1v) is 9.75. The number of nitrogens with zero attached hydrogens (tertiary/aromatic N) is 1. The minimum Gasteiger partial charge on any atom is -0.497 e. The number of carbonyl (C=O) groups excluding carboxylic acids is 2. The van der Waals surface area contributed by atoms with Crippen LogP contribution in [0.25, 0.3) is 0 Å². The molecule has 0 saturated heterocycles. The van der Waals surface area contributed by atoms with Gasteiger partial charge < -0.3 is 15.0 Å². The van der Waals surface area contributed by atoms with Crippen LogP contribution in [0.5, 0.6) is 5.75 Å². The maximum absolute atomic E-state index is 12.9. The first-order valence-electron chi connectivity index (χ1n) is 7.82. The van der Waals surface area contributed by atoms with Crippen LogP contribution in [-0.2, 0) is 14.6 Å². The van der Waals surface area contributed by atoms with Crippen molar-refractivity contribution >= 4 is 33.3 Å². The van der Waals surface area contributed by atoms with Crippen LogP contribution in [0.15, 0.2) is 53.4 Å². The molecule has 7 nitrogen and oxygen atoms in total. The highest BCUT2D eigenvalue weighted by Gasteiger charge is 2.36. The smallest absolute Gasteiger partial charge is 0.260 e. The van der Waals surface area contributed by atoms with Gasteiger partial charge >= 0.3 is 0 Å². The first-order chi connectivity index (χ1) is 12.7. The van der Waals surface area contributed by atoms with Crippen LogP contribution in [-0.4, -0.2) is 51.7 Å². The molecular weight excluding hydrogens is 392 g/mol. The van der Waals surface area contributed by atoms with Gasteiger partial charge in [-0.2, -0.15) is 0 Å². The van der Waals surface area contributed by atoms with Gasteiger partial charge in [-0.3, -0.25) is 9.59 Å². The Morgan fingerprint density at radius 1 is 1.04 bits per heavy atom. The average molecular weight is 411 g/mol. The van der Waals surface area contributed by atoms with Crippen molar-refractivity contribution in [2.24, 2.45) is 0 Å². The zero-order valence-electron chi connectivity index (χ0n) is 15.0. The van der Waals surface area contributed by atoms with Crippen molar-refractivity contribution in [3.05, 3.63) is 59.1 Å². The molecule has 27 heavy (non-hydrogen) atoms. The maximum atomic E-state index is 12.9. The molecule has 0 fully saturated rings. The van der Waals surface area contributed by atoms with Crippen molar-refractivity contribution in [3.8, 4) is 5.75 Å². The number of methoxy groups -OCH3 is 1. The molecule has 2 aromatic rings. The summed E-state index contributed by atoms with van der Waals surface area (Å²) in [5.74, 6) is -0.927. The van der Waals surface area contributed by atoms with E-state index in [1.54, 1.807) is 12.1 Å². The van der Waals surface area contributed by atoms with Gasteiger partial charge in [-0.25, -0.2) is 8.42 Å². The second kappa shape index (κ2) is 8.41. The normalized spacial score (nSPS) is 12.1. The standard InChI is InChI=1S/C18H19ClN2O5S/c1-21(2)18(23)17(27(24,25)15-10-6-13(19)7-11-15)20-16(22)12-4-8-14(26-3)9-5-12/h4-11,17H,1-3H3,(H,20,22). The molecule has 0 aliphatic heterocycles. The van der Waals surface area contributed by atoms with E-state index in [0.717, 1.165) is 4.90 Å². The number of benzene rings is 2. The summed E-state index contributed by atoms with van der Waals surface area (Å²) >= 11 is 5.79. The third-order valence-corrected chi connectivity index (χ3v) is 5.85. The number of halogens is 1. The molecule has 1 atom stereocenters. The largest absolute Gasteiger partial charge is 0.497 e. The third kappa shape index (κ3) is 4.78. The van der Waals surface area contributed by atoms with Gasteiger partial charge in [0.2, 0.25) is 15.2 Å². The number of rotatable bonds is 6. The van der Waals surface area contributed by atoms with Gasteiger partial charge in [0, 0.05) is 24.7 Å². The van der Waals surface area contributed by atoms with E-state index in [-0.39, 0.29) is 10.5 Å². The van der Waals surface area contributed by atoms with Crippen molar-refractivity contribution in [2.75, 3.05) is 21.2 Å². The Morgan fingerprint density at radius 3 is 2.07 bits per heavy atom. The van der Waals surface area contributed by atoms with Crippen molar-refractivity contribution in [1.29, 1.82) is 0 Å². The number of carbonyl (C=O) groups is 2. The van der Waals surface area contributed by atoms with Gasteiger partial charge in [0.25, 0.3) is 11.8 Å². The lowest BCUT2D eigenvalue weighted by atomic mass is 10.2. The Hall–Kier alpha value is -2.58. The monoisotopic (exact) mass is 410 g/mol. The molecule has 2 amide bonds. The molecular formula is C18H19ClN2O5S. The summed E-state index contributed by atoms with van der Waals surface area (Å²) in [6, 6.07) is 11.4.